The Labute approximate surface area is 86.5 Å². The SMILES string of the molecule is Fc1cc(Cl)cc(CC2CSC2)c1. The third-order valence-corrected chi connectivity index (χ3v) is 3.79. The number of hydrogen-bond donors (Lipinski definition) is 0. The zero-order chi connectivity index (χ0) is 9.26. The second kappa shape index (κ2) is 3.89. The highest BCUT2D eigenvalue weighted by Crippen LogP contribution is 2.28. The van der Waals surface area contributed by atoms with E-state index in [0.29, 0.717) is 5.02 Å². The second-order valence-electron chi connectivity index (χ2n) is 3.39. The maximum absolute atomic E-state index is 12.9. The zero-order valence-corrected chi connectivity index (χ0v) is 8.67. The van der Waals surface area contributed by atoms with Gasteiger partial charge in [0.1, 0.15) is 5.82 Å². The van der Waals surface area contributed by atoms with Gasteiger partial charge in [-0.25, -0.2) is 4.39 Å². The van der Waals surface area contributed by atoms with Gasteiger partial charge in [-0.2, -0.15) is 11.8 Å². The van der Waals surface area contributed by atoms with Crippen LogP contribution in [0.5, 0.6) is 0 Å². The lowest BCUT2D eigenvalue weighted by Gasteiger charge is -2.24. The van der Waals surface area contributed by atoms with Gasteiger partial charge >= 0.3 is 0 Å². The van der Waals surface area contributed by atoms with Crippen LogP contribution in [-0.2, 0) is 6.42 Å². The van der Waals surface area contributed by atoms with Crippen LogP contribution in [0.4, 0.5) is 4.39 Å². The van der Waals surface area contributed by atoms with E-state index in [4.69, 9.17) is 11.6 Å². The molecule has 70 valence electrons. The summed E-state index contributed by atoms with van der Waals surface area (Å²) < 4.78 is 12.9. The molecule has 0 nitrogen and oxygen atoms in total. The molecule has 1 fully saturated rings. The van der Waals surface area contributed by atoms with Crippen LogP contribution in [0.3, 0.4) is 0 Å². The first-order valence-electron chi connectivity index (χ1n) is 4.27. The second-order valence-corrected chi connectivity index (χ2v) is 4.90. The quantitative estimate of drug-likeness (QED) is 0.731. The standard InChI is InChI=1S/C10H10ClFS/c11-9-2-7(3-10(12)4-9)1-8-5-13-6-8/h2-4,8H,1,5-6H2. The van der Waals surface area contributed by atoms with Crippen LogP contribution in [0.2, 0.25) is 5.02 Å². The van der Waals surface area contributed by atoms with Gasteiger partial charge in [0.05, 0.1) is 0 Å². The van der Waals surface area contributed by atoms with E-state index in [1.54, 1.807) is 6.07 Å². The highest BCUT2D eigenvalue weighted by Gasteiger charge is 2.18. The van der Waals surface area contributed by atoms with Crippen molar-refractivity contribution in [3.05, 3.63) is 34.6 Å². The molecule has 2 rings (SSSR count). The van der Waals surface area contributed by atoms with E-state index >= 15 is 0 Å². The molecule has 13 heavy (non-hydrogen) atoms. The summed E-state index contributed by atoms with van der Waals surface area (Å²) in [5.74, 6) is 2.90. The third kappa shape index (κ3) is 2.38. The number of halogens is 2. The Morgan fingerprint density at radius 3 is 2.69 bits per heavy atom. The Hall–Kier alpha value is -0.210. The number of benzene rings is 1. The van der Waals surface area contributed by atoms with Crippen molar-refractivity contribution in [3.63, 3.8) is 0 Å². The van der Waals surface area contributed by atoms with Crippen molar-refractivity contribution < 1.29 is 4.39 Å². The van der Waals surface area contributed by atoms with Crippen LogP contribution < -0.4 is 0 Å². The Kier molecular flexibility index (Phi) is 2.80. The molecule has 0 atom stereocenters. The molecule has 0 amide bonds. The molecule has 0 bridgehead atoms. The first-order chi connectivity index (χ1) is 6.24. The molecule has 1 aromatic carbocycles. The molecule has 0 aromatic heterocycles. The molecule has 0 aliphatic carbocycles. The number of rotatable bonds is 2. The highest BCUT2D eigenvalue weighted by atomic mass is 35.5. The van der Waals surface area contributed by atoms with Gasteiger partial charge in [0.2, 0.25) is 0 Å². The Morgan fingerprint density at radius 1 is 1.38 bits per heavy atom. The Balaban J connectivity index is 2.10. The molecule has 1 aliphatic rings. The summed E-state index contributed by atoms with van der Waals surface area (Å²) in [5, 5.41) is 0.502. The van der Waals surface area contributed by atoms with Crippen molar-refractivity contribution in [3.8, 4) is 0 Å². The average Bonchev–Trinajstić information content (AvgIpc) is 1.95. The first kappa shape index (κ1) is 9.35. The van der Waals surface area contributed by atoms with Gasteiger partial charge < -0.3 is 0 Å². The minimum atomic E-state index is -0.227. The van der Waals surface area contributed by atoms with Gasteiger partial charge in [-0.1, -0.05) is 11.6 Å². The molecule has 0 radical (unpaired) electrons. The van der Waals surface area contributed by atoms with E-state index in [0.717, 1.165) is 17.9 Å². The van der Waals surface area contributed by atoms with Gasteiger partial charge in [-0.15, -0.1) is 0 Å². The van der Waals surface area contributed by atoms with Crippen molar-refractivity contribution in [1.29, 1.82) is 0 Å². The highest BCUT2D eigenvalue weighted by molar-refractivity contribution is 8.00. The molecule has 0 saturated carbocycles. The van der Waals surface area contributed by atoms with Crippen LogP contribution in [0, 0.1) is 11.7 Å². The van der Waals surface area contributed by atoms with Crippen molar-refractivity contribution in [1.82, 2.24) is 0 Å². The first-order valence-corrected chi connectivity index (χ1v) is 5.80. The fraction of sp³-hybridized carbons (Fsp3) is 0.400. The van der Waals surface area contributed by atoms with Crippen molar-refractivity contribution >= 4 is 23.4 Å². The largest absolute Gasteiger partial charge is 0.207 e. The van der Waals surface area contributed by atoms with Crippen LogP contribution in [0.25, 0.3) is 0 Å². The van der Waals surface area contributed by atoms with Crippen molar-refractivity contribution in [2.45, 2.75) is 6.42 Å². The van der Waals surface area contributed by atoms with Crippen molar-refractivity contribution in [2.24, 2.45) is 5.92 Å². The third-order valence-electron chi connectivity index (χ3n) is 2.15. The predicted molar refractivity (Wildman–Crippen MR) is 55.9 cm³/mol. The van der Waals surface area contributed by atoms with Crippen LogP contribution >= 0.6 is 23.4 Å². The summed E-state index contributed by atoms with van der Waals surface area (Å²) in [5.41, 5.74) is 1.02. The topological polar surface area (TPSA) is 0 Å². The lowest BCUT2D eigenvalue weighted by Crippen LogP contribution is -2.20. The van der Waals surface area contributed by atoms with Gasteiger partial charge in [0.15, 0.2) is 0 Å². The monoisotopic (exact) mass is 216 g/mol. The van der Waals surface area contributed by atoms with Crippen LogP contribution in [0.1, 0.15) is 5.56 Å². The summed E-state index contributed by atoms with van der Waals surface area (Å²) in [6, 6.07) is 4.78. The smallest absolute Gasteiger partial charge is 0.124 e. The van der Waals surface area contributed by atoms with Gasteiger partial charge in [-0.3, -0.25) is 0 Å². The van der Waals surface area contributed by atoms with Gasteiger partial charge in [-0.05, 0) is 47.6 Å². The summed E-state index contributed by atoms with van der Waals surface area (Å²) in [7, 11) is 0. The molecule has 1 aromatic rings. The maximum Gasteiger partial charge on any atom is 0.124 e. The zero-order valence-electron chi connectivity index (χ0n) is 7.09. The van der Waals surface area contributed by atoms with Crippen molar-refractivity contribution in [2.75, 3.05) is 11.5 Å². The summed E-state index contributed by atoms with van der Waals surface area (Å²) >= 11 is 7.70. The average molecular weight is 217 g/mol. The minimum absolute atomic E-state index is 0.227. The summed E-state index contributed by atoms with van der Waals surface area (Å²) in [6.45, 7) is 0. The molecule has 1 aliphatic heterocycles. The van der Waals surface area contributed by atoms with E-state index in [-0.39, 0.29) is 5.82 Å². The molecule has 0 N–H and O–H groups in total. The van der Waals surface area contributed by atoms with E-state index in [9.17, 15) is 4.39 Å². The maximum atomic E-state index is 12.9. The summed E-state index contributed by atoms with van der Waals surface area (Å²) in [6.07, 6.45) is 0.963. The van der Waals surface area contributed by atoms with E-state index in [2.05, 4.69) is 0 Å². The molecular formula is C10H10ClFS. The lowest BCUT2D eigenvalue weighted by molar-refractivity contribution is 0.610. The van der Waals surface area contributed by atoms with Gasteiger partial charge in [0, 0.05) is 5.02 Å². The number of thioether (sulfide) groups is 1. The molecule has 0 unspecified atom stereocenters. The molecular weight excluding hydrogens is 207 g/mol. The predicted octanol–water partition coefficient (Wildman–Crippen LogP) is 3.38. The molecule has 3 heteroatoms. The Bertz CT molecular complexity index is 290. The van der Waals surface area contributed by atoms with E-state index in [1.165, 1.54) is 17.6 Å². The molecule has 0 spiro atoms. The van der Waals surface area contributed by atoms with E-state index < -0.39 is 0 Å². The fourth-order valence-corrected chi connectivity index (χ4v) is 2.51. The molecule has 1 saturated heterocycles. The van der Waals surface area contributed by atoms with Crippen LogP contribution in [0.15, 0.2) is 18.2 Å². The van der Waals surface area contributed by atoms with E-state index in [1.807, 2.05) is 17.8 Å². The number of hydrogen-bond acceptors (Lipinski definition) is 1. The Morgan fingerprint density at radius 2 is 2.15 bits per heavy atom. The summed E-state index contributed by atoms with van der Waals surface area (Å²) in [4.78, 5) is 0. The van der Waals surface area contributed by atoms with Crippen LogP contribution in [-0.4, -0.2) is 11.5 Å². The normalized spacial score (nSPS) is 17.1. The minimum Gasteiger partial charge on any atom is -0.207 e. The fourth-order valence-electron chi connectivity index (χ4n) is 1.46. The van der Waals surface area contributed by atoms with Gasteiger partial charge in [0.25, 0.3) is 0 Å². The lowest BCUT2D eigenvalue weighted by atomic mass is 10.0. The molecule has 1 heterocycles.